The monoisotopic (exact) mass is 290 g/mol. The van der Waals surface area contributed by atoms with Gasteiger partial charge in [-0.05, 0) is 54.9 Å². The normalized spacial score (nSPS) is 30.2. The van der Waals surface area contributed by atoms with Crippen molar-refractivity contribution in [2.45, 2.75) is 31.7 Å². The van der Waals surface area contributed by atoms with Gasteiger partial charge in [-0.15, -0.1) is 0 Å². The van der Waals surface area contributed by atoms with Crippen molar-refractivity contribution in [2.75, 3.05) is 0 Å². The SMILES string of the molecule is NNC(c1cc2cc(Cl)ccc2o1)C1C2CCCCC21. The van der Waals surface area contributed by atoms with Crippen molar-refractivity contribution in [3.8, 4) is 0 Å². The summed E-state index contributed by atoms with van der Waals surface area (Å²) in [7, 11) is 0. The van der Waals surface area contributed by atoms with E-state index in [1.54, 1.807) is 0 Å². The van der Waals surface area contributed by atoms with Crippen molar-refractivity contribution in [2.24, 2.45) is 23.6 Å². The lowest BCUT2D eigenvalue weighted by Crippen LogP contribution is -2.30. The van der Waals surface area contributed by atoms with Gasteiger partial charge in [-0.3, -0.25) is 5.84 Å². The van der Waals surface area contributed by atoms with Crippen molar-refractivity contribution in [1.29, 1.82) is 0 Å². The van der Waals surface area contributed by atoms with Crippen LogP contribution in [0.4, 0.5) is 0 Å². The van der Waals surface area contributed by atoms with Gasteiger partial charge < -0.3 is 4.42 Å². The molecule has 1 heterocycles. The van der Waals surface area contributed by atoms with Gasteiger partial charge in [-0.25, -0.2) is 5.43 Å². The summed E-state index contributed by atoms with van der Waals surface area (Å²) in [4.78, 5) is 0. The lowest BCUT2D eigenvalue weighted by atomic mass is 10.0. The van der Waals surface area contributed by atoms with Crippen LogP contribution in [0.2, 0.25) is 5.02 Å². The largest absolute Gasteiger partial charge is 0.459 e. The Bertz CT molecular complexity index is 626. The van der Waals surface area contributed by atoms with Crippen LogP contribution < -0.4 is 11.3 Å². The maximum Gasteiger partial charge on any atom is 0.134 e. The van der Waals surface area contributed by atoms with Crippen LogP contribution in [0.25, 0.3) is 11.0 Å². The fourth-order valence-electron chi connectivity index (χ4n) is 4.11. The Morgan fingerprint density at radius 2 is 1.95 bits per heavy atom. The highest BCUT2D eigenvalue weighted by Gasteiger charge is 2.55. The fraction of sp³-hybridized carbons (Fsp3) is 0.500. The van der Waals surface area contributed by atoms with Crippen LogP contribution in [-0.4, -0.2) is 0 Å². The Morgan fingerprint density at radius 3 is 2.65 bits per heavy atom. The van der Waals surface area contributed by atoms with Gasteiger partial charge in [0.25, 0.3) is 0 Å². The number of rotatable bonds is 3. The Labute approximate surface area is 123 Å². The van der Waals surface area contributed by atoms with Gasteiger partial charge in [-0.1, -0.05) is 24.4 Å². The molecule has 4 rings (SSSR count). The minimum Gasteiger partial charge on any atom is -0.459 e. The predicted molar refractivity (Wildman–Crippen MR) is 80.2 cm³/mol. The van der Waals surface area contributed by atoms with Crippen LogP contribution in [0, 0.1) is 17.8 Å². The number of nitrogens with one attached hydrogen (secondary N) is 1. The maximum absolute atomic E-state index is 6.03. The van der Waals surface area contributed by atoms with Gasteiger partial charge in [0.1, 0.15) is 11.3 Å². The first-order valence-corrected chi connectivity index (χ1v) is 7.81. The molecule has 3 nitrogen and oxygen atoms in total. The van der Waals surface area contributed by atoms with Gasteiger partial charge >= 0.3 is 0 Å². The third-order valence-electron chi connectivity index (χ3n) is 5.09. The van der Waals surface area contributed by atoms with Crippen LogP contribution in [0.3, 0.4) is 0 Å². The molecule has 2 aliphatic rings. The van der Waals surface area contributed by atoms with E-state index in [1.165, 1.54) is 25.7 Å². The summed E-state index contributed by atoms with van der Waals surface area (Å²) in [6.45, 7) is 0. The summed E-state index contributed by atoms with van der Waals surface area (Å²) in [5.74, 6) is 9.07. The van der Waals surface area contributed by atoms with Gasteiger partial charge in [0.05, 0.1) is 6.04 Å². The second-order valence-electron chi connectivity index (χ2n) is 6.16. The number of fused-ring (bicyclic) bond motifs is 2. The molecule has 1 aromatic heterocycles. The summed E-state index contributed by atoms with van der Waals surface area (Å²) < 4.78 is 5.98. The first-order valence-electron chi connectivity index (χ1n) is 7.43. The number of hydrazine groups is 1. The predicted octanol–water partition coefficient (Wildman–Crippen LogP) is 4.03. The van der Waals surface area contributed by atoms with Crippen molar-refractivity contribution in [1.82, 2.24) is 5.43 Å². The van der Waals surface area contributed by atoms with E-state index in [0.717, 1.165) is 33.6 Å². The second kappa shape index (κ2) is 4.76. The third kappa shape index (κ3) is 1.96. The molecular formula is C16H19ClN2O. The van der Waals surface area contributed by atoms with Crippen LogP contribution in [-0.2, 0) is 0 Å². The molecular weight excluding hydrogens is 272 g/mol. The molecule has 1 aromatic carbocycles. The van der Waals surface area contributed by atoms with Gasteiger partial charge in [-0.2, -0.15) is 0 Å². The van der Waals surface area contributed by atoms with E-state index in [2.05, 4.69) is 11.5 Å². The molecule has 0 bridgehead atoms. The minimum absolute atomic E-state index is 0.134. The molecule has 0 aliphatic heterocycles. The smallest absolute Gasteiger partial charge is 0.134 e. The minimum atomic E-state index is 0.134. The van der Waals surface area contributed by atoms with E-state index >= 15 is 0 Å². The average molecular weight is 291 g/mol. The summed E-state index contributed by atoms with van der Waals surface area (Å²) >= 11 is 6.03. The molecule has 2 aliphatic carbocycles. The van der Waals surface area contributed by atoms with Crippen molar-refractivity contribution < 1.29 is 4.42 Å². The zero-order chi connectivity index (χ0) is 13.7. The molecule has 0 spiro atoms. The van der Waals surface area contributed by atoms with Crippen molar-refractivity contribution in [3.63, 3.8) is 0 Å². The number of hydrogen-bond donors (Lipinski definition) is 2. The zero-order valence-corrected chi connectivity index (χ0v) is 12.1. The molecule has 106 valence electrons. The lowest BCUT2D eigenvalue weighted by Gasteiger charge is -2.13. The molecule has 4 heteroatoms. The molecule has 0 saturated heterocycles. The maximum atomic E-state index is 6.03. The Balaban J connectivity index is 1.66. The molecule has 20 heavy (non-hydrogen) atoms. The Morgan fingerprint density at radius 1 is 1.20 bits per heavy atom. The van der Waals surface area contributed by atoms with E-state index in [4.69, 9.17) is 21.9 Å². The van der Waals surface area contributed by atoms with E-state index in [-0.39, 0.29) is 6.04 Å². The molecule has 2 saturated carbocycles. The number of nitrogens with two attached hydrogens (primary N) is 1. The van der Waals surface area contributed by atoms with Gasteiger partial charge in [0.15, 0.2) is 0 Å². The number of furan rings is 1. The lowest BCUT2D eigenvalue weighted by molar-refractivity contribution is 0.380. The highest BCUT2D eigenvalue weighted by molar-refractivity contribution is 6.31. The number of halogens is 1. The first kappa shape index (κ1) is 12.7. The van der Waals surface area contributed by atoms with Crippen LogP contribution >= 0.6 is 11.6 Å². The fourth-order valence-corrected chi connectivity index (χ4v) is 4.29. The zero-order valence-electron chi connectivity index (χ0n) is 11.3. The molecule has 3 N–H and O–H groups in total. The topological polar surface area (TPSA) is 51.2 Å². The Kier molecular flexibility index (Phi) is 3.02. The highest BCUT2D eigenvalue weighted by Crippen LogP contribution is 2.60. The van der Waals surface area contributed by atoms with Crippen LogP contribution in [0.1, 0.15) is 37.5 Å². The van der Waals surface area contributed by atoms with Crippen molar-refractivity contribution in [3.05, 3.63) is 35.0 Å². The molecule has 0 amide bonds. The number of hydrogen-bond acceptors (Lipinski definition) is 3. The van der Waals surface area contributed by atoms with Gasteiger partial charge in [0.2, 0.25) is 0 Å². The third-order valence-corrected chi connectivity index (χ3v) is 5.33. The first-order chi connectivity index (χ1) is 9.78. The van der Waals surface area contributed by atoms with E-state index in [0.29, 0.717) is 5.92 Å². The summed E-state index contributed by atoms with van der Waals surface area (Å²) in [6, 6.07) is 7.94. The van der Waals surface area contributed by atoms with Crippen molar-refractivity contribution >= 4 is 22.6 Å². The summed E-state index contributed by atoms with van der Waals surface area (Å²) in [5, 5.41) is 1.79. The summed E-state index contributed by atoms with van der Waals surface area (Å²) in [5.41, 5.74) is 3.87. The van der Waals surface area contributed by atoms with Gasteiger partial charge in [0, 0.05) is 10.4 Å². The van der Waals surface area contributed by atoms with E-state index in [1.807, 2.05) is 18.2 Å². The molecule has 2 aromatic rings. The number of benzene rings is 1. The summed E-state index contributed by atoms with van der Waals surface area (Å²) in [6.07, 6.45) is 5.43. The van der Waals surface area contributed by atoms with Crippen LogP contribution in [0.5, 0.6) is 0 Å². The van der Waals surface area contributed by atoms with E-state index in [9.17, 15) is 0 Å². The Hall–Kier alpha value is -1.03. The second-order valence-corrected chi connectivity index (χ2v) is 6.60. The van der Waals surface area contributed by atoms with E-state index < -0.39 is 0 Å². The molecule has 2 fully saturated rings. The highest BCUT2D eigenvalue weighted by atomic mass is 35.5. The standard InChI is InChI=1S/C16H19ClN2O/c17-10-5-6-13-9(7-10)8-14(20-13)16(19-18)15-11-3-1-2-4-12(11)15/h5-8,11-12,15-16,19H,1-4,18H2. The average Bonchev–Trinajstić information content (AvgIpc) is 3.01. The molecule has 0 radical (unpaired) electrons. The molecule has 3 unspecified atom stereocenters. The molecule has 3 atom stereocenters. The van der Waals surface area contributed by atoms with Crippen LogP contribution in [0.15, 0.2) is 28.7 Å². The quantitative estimate of drug-likeness (QED) is 0.663.